The zero-order chi connectivity index (χ0) is 12.3. The molecule has 1 N–H and O–H groups in total. The fourth-order valence-corrected chi connectivity index (χ4v) is 2.15. The number of nitrogens with one attached hydrogen (secondary N) is 1. The van der Waals surface area contributed by atoms with Crippen LogP contribution in [0.1, 0.15) is 18.5 Å². The number of rotatable bonds is 3. The SMILES string of the molecule is Cc1c(OCC2CCCNC2)c(=O)ccn1C. The van der Waals surface area contributed by atoms with Crippen LogP contribution in [-0.2, 0) is 7.05 Å². The number of hydrogen-bond donors (Lipinski definition) is 1. The summed E-state index contributed by atoms with van der Waals surface area (Å²) in [6.07, 6.45) is 4.14. The first-order chi connectivity index (χ1) is 8.18. The number of nitrogens with zero attached hydrogens (tertiary/aromatic N) is 1. The molecule has 1 aliphatic rings. The summed E-state index contributed by atoms with van der Waals surface area (Å²) < 4.78 is 7.63. The molecule has 1 aliphatic heterocycles. The third-order valence-corrected chi connectivity index (χ3v) is 3.39. The molecule has 1 atom stereocenters. The Hall–Kier alpha value is -1.29. The van der Waals surface area contributed by atoms with E-state index in [1.54, 1.807) is 12.3 Å². The van der Waals surface area contributed by atoms with Gasteiger partial charge in [0.1, 0.15) is 0 Å². The first-order valence-corrected chi connectivity index (χ1v) is 6.18. The summed E-state index contributed by atoms with van der Waals surface area (Å²) in [5.74, 6) is 1.02. The van der Waals surface area contributed by atoms with Crippen LogP contribution in [0.4, 0.5) is 0 Å². The van der Waals surface area contributed by atoms with E-state index < -0.39 is 0 Å². The molecule has 0 bridgehead atoms. The first-order valence-electron chi connectivity index (χ1n) is 6.18. The van der Waals surface area contributed by atoms with Gasteiger partial charge in [0.05, 0.1) is 12.3 Å². The van der Waals surface area contributed by atoms with E-state index in [2.05, 4.69) is 5.32 Å². The predicted octanol–water partition coefficient (Wildman–Crippen LogP) is 1.07. The largest absolute Gasteiger partial charge is 0.487 e. The van der Waals surface area contributed by atoms with Gasteiger partial charge in [0.25, 0.3) is 0 Å². The van der Waals surface area contributed by atoms with Crippen LogP contribution in [0.2, 0.25) is 0 Å². The molecule has 2 heterocycles. The minimum absolute atomic E-state index is 0.0237. The van der Waals surface area contributed by atoms with Crippen LogP contribution in [0.3, 0.4) is 0 Å². The van der Waals surface area contributed by atoms with E-state index in [-0.39, 0.29) is 5.43 Å². The topological polar surface area (TPSA) is 43.3 Å². The number of aromatic nitrogens is 1. The summed E-state index contributed by atoms with van der Waals surface area (Å²) in [6, 6.07) is 1.56. The molecule has 0 spiro atoms. The Morgan fingerprint density at radius 2 is 2.41 bits per heavy atom. The zero-order valence-electron chi connectivity index (χ0n) is 10.5. The van der Waals surface area contributed by atoms with Crippen molar-refractivity contribution in [1.29, 1.82) is 0 Å². The lowest BCUT2D eigenvalue weighted by molar-refractivity contribution is 0.214. The molecule has 1 fully saturated rings. The molecule has 0 aliphatic carbocycles. The summed E-state index contributed by atoms with van der Waals surface area (Å²) in [5, 5.41) is 3.35. The van der Waals surface area contributed by atoms with E-state index in [1.807, 2.05) is 18.5 Å². The van der Waals surface area contributed by atoms with Gasteiger partial charge in [-0.05, 0) is 26.3 Å². The van der Waals surface area contributed by atoms with Crippen molar-refractivity contribution >= 4 is 0 Å². The van der Waals surface area contributed by atoms with E-state index in [4.69, 9.17) is 4.74 Å². The Bertz CT molecular complexity index is 434. The summed E-state index contributed by atoms with van der Waals surface area (Å²) in [6.45, 7) is 4.64. The lowest BCUT2D eigenvalue weighted by atomic mass is 10.0. The van der Waals surface area contributed by atoms with Crippen LogP contribution in [0, 0.1) is 12.8 Å². The Labute approximate surface area is 102 Å². The highest BCUT2D eigenvalue weighted by Gasteiger charge is 2.15. The predicted molar refractivity (Wildman–Crippen MR) is 67.5 cm³/mol. The summed E-state index contributed by atoms with van der Waals surface area (Å²) in [4.78, 5) is 11.7. The van der Waals surface area contributed by atoms with Crippen LogP contribution in [-0.4, -0.2) is 24.3 Å². The number of pyridine rings is 1. The maximum Gasteiger partial charge on any atom is 0.223 e. The fraction of sp³-hybridized carbons (Fsp3) is 0.615. The van der Waals surface area contributed by atoms with Crippen molar-refractivity contribution in [3.05, 3.63) is 28.2 Å². The smallest absolute Gasteiger partial charge is 0.223 e. The molecule has 0 radical (unpaired) electrons. The second-order valence-corrected chi connectivity index (χ2v) is 4.73. The normalized spacial score (nSPS) is 20.2. The van der Waals surface area contributed by atoms with Crippen LogP contribution in [0.15, 0.2) is 17.1 Å². The van der Waals surface area contributed by atoms with Crippen molar-refractivity contribution < 1.29 is 4.74 Å². The Morgan fingerprint density at radius 1 is 1.59 bits per heavy atom. The molecule has 1 unspecified atom stereocenters. The molecular weight excluding hydrogens is 216 g/mol. The lowest BCUT2D eigenvalue weighted by Crippen LogP contribution is -2.33. The minimum Gasteiger partial charge on any atom is -0.487 e. The van der Waals surface area contributed by atoms with E-state index >= 15 is 0 Å². The molecule has 0 amide bonds. The number of ether oxygens (including phenoxy) is 1. The standard InChI is InChI=1S/C13H20N2O2/c1-10-13(12(16)5-7-15(10)2)17-9-11-4-3-6-14-8-11/h5,7,11,14H,3-4,6,8-9H2,1-2H3. The van der Waals surface area contributed by atoms with Crippen molar-refractivity contribution in [1.82, 2.24) is 9.88 Å². The van der Waals surface area contributed by atoms with Gasteiger partial charge in [-0.15, -0.1) is 0 Å². The van der Waals surface area contributed by atoms with Gasteiger partial charge in [-0.25, -0.2) is 0 Å². The second kappa shape index (κ2) is 5.36. The molecule has 1 saturated heterocycles. The van der Waals surface area contributed by atoms with Gasteiger partial charge in [-0.1, -0.05) is 0 Å². The maximum atomic E-state index is 11.7. The van der Waals surface area contributed by atoms with Crippen LogP contribution in [0.5, 0.6) is 5.75 Å². The van der Waals surface area contributed by atoms with Gasteiger partial charge < -0.3 is 14.6 Å². The molecule has 0 aromatic carbocycles. The van der Waals surface area contributed by atoms with Crippen LogP contribution in [0.25, 0.3) is 0 Å². The number of piperidine rings is 1. The molecule has 1 aromatic heterocycles. The lowest BCUT2D eigenvalue weighted by Gasteiger charge is -2.23. The van der Waals surface area contributed by atoms with Gasteiger partial charge in [0.15, 0.2) is 5.75 Å². The van der Waals surface area contributed by atoms with Gasteiger partial charge in [0, 0.05) is 31.8 Å². The van der Waals surface area contributed by atoms with Gasteiger partial charge >= 0.3 is 0 Å². The first kappa shape index (κ1) is 12.2. The second-order valence-electron chi connectivity index (χ2n) is 4.73. The molecule has 1 aromatic rings. The third-order valence-electron chi connectivity index (χ3n) is 3.39. The van der Waals surface area contributed by atoms with E-state index in [9.17, 15) is 4.79 Å². The fourth-order valence-electron chi connectivity index (χ4n) is 2.15. The van der Waals surface area contributed by atoms with Crippen molar-refractivity contribution in [2.75, 3.05) is 19.7 Å². The monoisotopic (exact) mass is 236 g/mol. The van der Waals surface area contributed by atoms with Gasteiger partial charge in [-0.3, -0.25) is 4.79 Å². The molecular formula is C13H20N2O2. The van der Waals surface area contributed by atoms with Crippen molar-refractivity contribution in [3.8, 4) is 5.75 Å². The summed E-state index contributed by atoms with van der Waals surface area (Å²) >= 11 is 0. The summed E-state index contributed by atoms with van der Waals surface area (Å²) in [7, 11) is 1.92. The minimum atomic E-state index is -0.0237. The third kappa shape index (κ3) is 2.88. The molecule has 17 heavy (non-hydrogen) atoms. The van der Waals surface area contributed by atoms with Crippen molar-refractivity contribution in [2.45, 2.75) is 19.8 Å². The number of hydrogen-bond acceptors (Lipinski definition) is 3. The Kier molecular flexibility index (Phi) is 3.84. The molecule has 0 saturated carbocycles. The average molecular weight is 236 g/mol. The van der Waals surface area contributed by atoms with Gasteiger partial charge in [-0.2, -0.15) is 0 Å². The molecule has 94 valence electrons. The molecule has 4 heteroatoms. The van der Waals surface area contributed by atoms with Crippen LogP contribution >= 0.6 is 0 Å². The van der Waals surface area contributed by atoms with Gasteiger partial charge in [0.2, 0.25) is 5.43 Å². The Morgan fingerprint density at radius 3 is 3.12 bits per heavy atom. The molecule has 2 rings (SSSR count). The van der Waals surface area contributed by atoms with E-state index in [0.717, 1.165) is 18.8 Å². The Balaban J connectivity index is 2.03. The summed E-state index contributed by atoms with van der Waals surface area (Å²) in [5.41, 5.74) is 0.866. The highest BCUT2D eigenvalue weighted by molar-refractivity contribution is 5.26. The number of aryl methyl sites for hydroxylation is 1. The molecule has 4 nitrogen and oxygen atoms in total. The average Bonchev–Trinajstić information content (AvgIpc) is 2.35. The van der Waals surface area contributed by atoms with E-state index in [0.29, 0.717) is 18.3 Å². The van der Waals surface area contributed by atoms with Crippen molar-refractivity contribution in [3.63, 3.8) is 0 Å². The highest BCUT2D eigenvalue weighted by atomic mass is 16.5. The quantitative estimate of drug-likeness (QED) is 0.853. The zero-order valence-corrected chi connectivity index (χ0v) is 10.5. The van der Waals surface area contributed by atoms with E-state index in [1.165, 1.54) is 12.8 Å². The highest BCUT2D eigenvalue weighted by Crippen LogP contribution is 2.15. The maximum absolute atomic E-state index is 11.7. The van der Waals surface area contributed by atoms with Crippen LogP contribution < -0.4 is 15.5 Å². The van der Waals surface area contributed by atoms with Crippen molar-refractivity contribution in [2.24, 2.45) is 13.0 Å².